The number of nitrogens with zero attached hydrogens (tertiary/aromatic N) is 1. The Morgan fingerprint density at radius 2 is 1.79 bits per heavy atom. The molecular formula is C20H20N2O6. The molecule has 0 aliphatic heterocycles. The van der Waals surface area contributed by atoms with Crippen LogP contribution in [-0.2, 0) is 16.0 Å². The minimum atomic E-state index is -1.00. The second-order valence-electron chi connectivity index (χ2n) is 6.04. The van der Waals surface area contributed by atoms with E-state index in [1.165, 1.54) is 25.1 Å². The zero-order valence-electron chi connectivity index (χ0n) is 15.5. The van der Waals surface area contributed by atoms with Crippen LogP contribution in [0.5, 0.6) is 0 Å². The molecular weight excluding hydrogens is 364 g/mol. The van der Waals surface area contributed by atoms with E-state index < -0.39 is 29.4 Å². The van der Waals surface area contributed by atoms with Gasteiger partial charge in [-0.3, -0.25) is 24.5 Å². The lowest BCUT2D eigenvalue weighted by Gasteiger charge is -2.13. The first-order valence-electron chi connectivity index (χ1n) is 8.67. The van der Waals surface area contributed by atoms with Gasteiger partial charge in [-0.2, -0.15) is 0 Å². The number of nitro groups is 1. The third kappa shape index (κ3) is 5.47. The summed E-state index contributed by atoms with van der Waals surface area (Å²) in [6.07, 6.45) is -0.154. The number of hydrogen-bond acceptors (Lipinski definition) is 6. The Hall–Kier alpha value is -3.55. The van der Waals surface area contributed by atoms with E-state index in [-0.39, 0.29) is 17.0 Å². The molecule has 1 atom stereocenters. The summed E-state index contributed by atoms with van der Waals surface area (Å²) in [5.41, 5.74) is 1.33. The monoisotopic (exact) mass is 384 g/mol. The topological polar surface area (TPSA) is 116 Å². The highest BCUT2D eigenvalue weighted by Crippen LogP contribution is 2.13. The summed E-state index contributed by atoms with van der Waals surface area (Å²) in [6, 6.07) is 12.1. The fourth-order valence-corrected chi connectivity index (χ4v) is 2.45. The van der Waals surface area contributed by atoms with Gasteiger partial charge in [-0.15, -0.1) is 0 Å². The average molecular weight is 384 g/mol. The van der Waals surface area contributed by atoms with Crippen LogP contribution in [-0.4, -0.2) is 35.2 Å². The molecule has 2 rings (SSSR count). The van der Waals surface area contributed by atoms with Crippen LogP contribution in [0.25, 0.3) is 0 Å². The molecule has 2 aromatic rings. The Bertz CT molecular complexity index is 892. The molecule has 146 valence electrons. The largest absolute Gasteiger partial charge is 0.453 e. The lowest BCUT2D eigenvalue weighted by atomic mass is 10.0. The van der Waals surface area contributed by atoms with Crippen molar-refractivity contribution in [3.05, 3.63) is 75.3 Å². The highest BCUT2D eigenvalue weighted by molar-refractivity contribution is 6.00. The lowest BCUT2D eigenvalue weighted by molar-refractivity contribution is -0.384. The molecule has 28 heavy (non-hydrogen) atoms. The molecule has 0 aromatic heterocycles. The molecule has 0 heterocycles. The van der Waals surface area contributed by atoms with Crippen molar-refractivity contribution < 1.29 is 24.0 Å². The van der Waals surface area contributed by atoms with Crippen molar-refractivity contribution in [2.24, 2.45) is 0 Å². The molecule has 0 aliphatic rings. The maximum Gasteiger partial charge on any atom is 0.326 e. The number of ether oxygens (including phenoxy) is 1. The third-order valence-corrected chi connectivity index (χ3v) is 4.04. The number of esters is 1. The molecule has 0 radical (unpaired) electrons. The van der Waals surface area contributed by atoms with E-state index in [4.69, 9.17) is 4.74 Å². The minimum absolute atomic E-state index is 0.0436. The van der Waals surface area contributed by atoms with Gasteiger partial charge in [0, 0.05) is 23.3 Å². The van der Waals surface area contributed by atoms with Crippen LogP contribution in [0, 0.1) is 10.1 Å². The van der Waals surface area contributed by atoms with E-state index in [0.29, 0.717) is 5.56 Å². The Labute approximate surface area is 161 Å². The molecule has 8 nitrogen and oxygen atoms in total. The van der Waals surface area contributed by atoms with Gasteiger partial charge < -0.3 is 10.1 Å². The number of benzene rings is 2. The summed E-state index contributed by atoms with van der Waals surface area (Å²) in [6.45, 7) is 2.99. The normalized spacial score (nSPS) is 11.4. The Balaban J connectivity index is 1.88. The molecule has 0 saturated heterocycles. The SMILES string of the molecule is CCc1ccc(C(=O)[C@@H](C)OC(=O)CNC(=O)c2cccc([N+](=O)[O-])c2)cc1. The van der Waals surface area contributed by atoms with Gasteiger partial charge in [0.2, 0.25) is 5.78 Å². The molecule has 0 fully saturated rings. The first-order chi connectivity index (χ1) is 13.3. The van der Waals surface area contributed by atoms with Crippen LogP contribution in [0.2, 0.25) is 0 Å². The van der Waals surface area contributed by atoms with Gasteiger partial charge in [0.05, 0.1) is 4.92 Å². The molecule has 1 N–H and O–H groups in total. The maximum absolute atomic E-state index is 12.3. The number of hydrogen-bond donors (Lipinski definition) is 1. The van der Waals surface area contributed by atoms with Gasteiger partial charge in [0.1, 0.15) is 6.54 Å². The Morgan fingerprint density at radius 1 is 1.11 bits per heavy atom. The second-order valence-corrected chi connectivity index (χ2v) is 6.04. The number of ketones is 1. The van der Waals surface area contributed by atoms with E-state index in [9.17, 15) is 24.5 Å². The summed E-state index contributed by atoms with van der Waals surface area (Å²) < 4.78 is 5.06. The lowest BCUT2D eigenvalue weighted by Crippen LogP contribution is -2.34. The zero-order chi connectivity index (χ0) is 20.7. The fourth-order valence-electron chi connectivity index (χ4n) is 2.45. The van der Waals surface area contributed by atoms with Crippen LogP contribution >= 0.6 is 0 Å². The molecule has 8 heteroatoms. The second kappa shape index (κ2) is 9.40. The van der Waals surface area contributed by atoms with Crippen LogP contribution in [0.15, 0.2) is 48.5 Å². The van der Waals surface area contributed by atoms with Crippen LogP contribution in [0.3, 0.4) is 0 Å². The molecule has 2 aromatic carbocycles. The molecule has 0 unspecified atom stereocenters. The highest BCUT2D eigenvalue weighted by Gasteiger charge is 2.20. The number of nitro benzene ring substituents is 1. The summed E-state index contributed by atoms with van der Waals surface area (Å²) in [5, 5.41) is 13.1. The minimum Gasteiger partial charge on any atom is -0.453 e. The average Bonchev–Trinajstić information content (AvgIpc) is 2.71. The van der Waals surface area contributed by atoms with E-state index in [0.717, 1.165) is 18.1 Å². The Morgan fingerprint density at radius 3 is 2.39 bits per heavy atom. The first-order valence-corrected chi connectivity index (χ1v) is 8.67. The van der Waals surface area contributed by atoms with Gasteiger partial charge in [-0.25, -0.2) is 0 Å². The van der Waals surface area contributed by atoms with E-state index in [2.05, 4.69) is 5.32 Å². The van der Waals surface area contributed by atoms with E-state index in [1.54, 1.807) is 12.1 Å². The summed E-state index contributed by atoms with van der Waals surface area (Å²) in [4.78, 5) is 46.4. The van der Waals surface area contributed by atoms with Gasteiger partial charge in [0.15, 0.2) is 6.10 Å². The number of carbonyl (C=O) groups excluding carboxylic acids is 3. The zero-order valence-corrected chi connectivity index (χ0v) is 15.5. The van der Waals surface area contributed by atoms with Crippen molar-refractivity contribution in [3.63, 3.8) is 0 Å². The summed E-state index contributed by atoms with van der Waals surface area (Å²) >= 11 is 0. The fraction of sp³-hybridized carbons (Fsp3) is 0.250. The summed E-state index contributed by atoms with van der Waals surface area (Å²) in [5.74, 6) is -1.79. The molecule has 1 amide bonds. The van der Waals surface area contributed by atoms with E-state index >= 15 is 0 Å². The van der Waals surface area contributed by atoms with Crippen molar-refractivity contribution in [2.75, 3.05) is 6.54 Å². The maximum atomic E-state index is 12.3. The number of nitrogens with one attached hydrogen (secondary N) is 1. The molecule has 0 aliphatic carbocycles. The standard InChI is InChI=1S/C20H20N2O6/c1-3-14-7-9-15(10-8-14)19(24)13(2)28-18(23)12-21-20(25)16-5-4-6-17(11-16)22(26)27/h4-11,13H,3,12H2,1-2H3,(H,21,25)/t13-/m1/s1. The Kier molecular flexibility index (Phi) is 6.97. The predicted molar refractivity (Wildman–Crippen MR) is 101 cm³/mol. The van der Waals surface area contributed by atoms with Crippen LogP contribution in [0.4, 0.5) is 5.69 Å². The highest BCUT2D eigenvalue weighted by atomic mass is 16.6. The van der Waals surface area contributed by atoms with Crippen molar-refractivity contribution in [1.82, 2.24) is 5.32 Å². The summed E-state index contributed by atoms with van der Waals surface area (Å²) in [7, 11) is 0. The number of aryl methyl sites for hydroxylation is 1. The quantitative estimate of drug-likeness (QED) is 0.324. The van der Waals surface area contributed by atoms with Gasteiger partial charge in [-0.1, -0.05) is 37.3 Å². The number of amides is 1. The molecule has 0 spiro atoms. The number of rotatable bonds is 8. The van der Waals surface area contributed by atoms with Crippen molar-refractivity contribution in [2.45, 2.75) is 26.4 Å². The number of non-ortho nitro benzene ring substituents is 1. The predicted octanol–water partition coefficient (Wildman–Crippen LogP) is 2.70. The first kappa shape index (κ1) is 20.8. The van der Waals surface area contributed by atoms with Gasteiger partial charge in [-0.05, 0) is 25.0 Å². The molecule has 0 bridgehead atoms. The van der Waals surface area contributed by atoms with Crippen molar-refractivity contribution in [3.8, 4) is 0 Å². The van der Waals surface area contributed by atoms with Crippen LogP contribution in [0.1, 0.15) is 40.1 Å². The van der Waals surface area contributed by atoms with Crippen molar-refractivity contribution >= 4 is 23.3 Å². The van der Waals surface area contributed by atoms with Gasteiger partial charge in [0.25, 0.3) is 11.6 Å². The smallest absolute Gasteiger partial charge is 0.326 e. The number of carbonyl (C=O) groups is 3. The van der Waals surface area contributed by atoms with Crippen LogP contribution < -0.4 is 5.32 Å². The third-order valence-electron chi connectivity index (χ3n) is 4.04. The van der Waals surface area contributed by atoms with Crippen molar-refractivity contribution in [1.29, 1.82) is 0 Å². The van der Waals surface area contributed by atoms with Gasteiger partial charge >= 0.3 is 5.97 Å². The van der Waals surface area contributed by atoms with E-state index in [1.807, 2.05) is 19.1 Å². The number of Topliss-reactive ketones (excluding diaryl/α,β-unsaturated/α-hetero) is 1. The molecule has 0 saturated carbocycles.